The molecule has 0 heterocycles. The first-order chi connectivity index (χ1) is 9.15. The van der Waals surface area contributed by atoms with Crippen molar-refractivity contribution in [3.63, 3.8) is 0 Å². The fraction of sp³-hybridized carbons (Fsp3) is 0.294. The van der Waals surface area contributed by atoms with E-state index in [2.05, 4.69) is 56.3 Å². The maximum Gasteiger partial charge on any atom is 0.0174 e. The van der Waals surface area contributed by atoms with Crippen LogP contribution in [0.5, 0.6) is 0 Å². The third-order valence-electron chi connectivity index (χ3n) is 3.19. The Balaban J connectivity index is 1.90. The maximum absolute atomic E-state index is 6.25. The number of aryl methyl sites for hydroxylation is 2. The summed E-state index contributed by atoms with van der Waals surface area (Å²) in [6.45, 7) is 4.29. The fourth-order valence-corrected chi connectivity index (χ4v) is 2.96. The summed E-state index contributed by atoms with van der Waals surface area (Å²) < 4.78 is 0. The van der Waals surface area contributed by atoms with Gasteiger partial charge in [0.1, 0.15) is 0 Å². The molecule has 0 aliphatic rings. The van der Waals surface area contributed by atoms with Crippen molar-refractivity contribution < 1.29 is 0 Å². The lowest BCUT2D eigenvalue weighted by atomic mass is 10.00. The molecule has 0 saturated carbocycles. The van der Waals surface area contributed by atoms with E-state index in [0.717, 1.165) is 12.2 Å². The molecule has 2 N–H and O–H groups in total. The monoisotopic (exact) mass is 271 g/mol. The molecule has 0 fully saturated rings. The largest absolute Gasteiger partial charge is 0.327 e. The highest BCUT2D eigenvalue weighted by Crippen LogP contribution is 2.19. The van der Waals surface area contributed by atoms with E-state index < -0.39 is 0 Å². The van der Waals surface area contributed by atoms with Crippen LogP contribution in [0.1, 0.15) is 16.7 Å². The van der Waals surface area contributed by atoms with E-state index in [4.69, 9.17) is 5.73 Å². The Hall–Kier alpha value is -1.25. The Kier molecular flexibility index (Phi) is 5.06. The number of hydrogen-bond donors (Lipinski definition) is 1. The Morgan fingerprint density at radius 2 is 1.79 bits per heavy atom. The summed E-state index contributed by atoms with van der Waals surface area (Å²) in [6, 6.07) is 17.2. The molecule has 2 rings (SSSR count). The van der Waals surface area contributed by atoms with Crippen LogP contribution in [0.2, 0.25) is 0 Å². The average molecular weight is 271 g/mol. The topological polar surface area (TPSA) is 26.0 Å². The summed E-state index contributed by atoms with van der Waals surface area (Å²) in [5.41, 5.74) is 10.3. The van der Waals surface area contributed by atoms with Crippen LogP contribution in [0.4, 0.5) is 0 Å². The van der Waals surface area contributed by atoms with E-state index >= 15 is 0 Å². The molecule has 2 heteroatoms. The van der Waals surface area contributed by atoms with E-state index in [1.807, 2.05) is 17.8 Å². The fourth-order valence-electron chi connectivity index (χ4n) is 2.08. The van der Waals surface area contributed by atoms with Crippen molar-refractivity contribution >= 4 is 11.8 Å². The summed E-state index contributed by atoms with van der Waals surface area (Å²) in [7, 11) is 0. The van der Waals surface area contributed by atoms with Gasteiger partial charge in [-0.3, -0.25) is 0 Å². The first-order valence-corrected chi connectivity index (χ1v) is 7.63. The van der Waals surface area contributed by atoms with Gasteiger partial charge in [0.05, 0.1) is 0 Å². The van der Waals surface area contributed by atoms with Crippen LogP contribution in [-0.2, 0) is 6.42 Å². The molecule has 19 heavy (non-hydrogen) atoms. The Labute approximate surface area is 120 Å². The van der Waals surface area contributed by atoms with Crippen molar-refractivity contribution in [3.05, 3.63) is 65.2 Å². The summed E-state index contributed by atoms with van der Waals surface area (Å²) in [6.07, 6.45) is 0.952. The summed E-state index contributed by atoms with van der Waals surface area (Å²) in [4.78, 5) is 1.29. The summed E-state index contributed by atoms with van der Waals surface area (Å²) in [5.74, 6) is 0.956. The second-order valence-electron chi connectivity index (χ2n) is 5.02. The predicted molar refractivity (Wildman–Crippen MR) is 84.8 cm³/mol. The van der Waals surface area contributed by atoms with Crippen molar-refractivity contribution in [2.45, 2.75) is 31.2 Å². The summed E-state index contributed by atoms with van der Waals surface area (Å²) >= 11 is 1.83. The predicted octanol–water partition coefficient (Wildman–Crippen LogP) is 3.97. The molecule has 0 spiro atoms. The van der Waals surface area contributed by atoms with Crippen LogP contribution in [0.15, 0.2) is 53.4 Å². The van der Waals surface area contributed by atoms with Crippen LogP contribution in [-0.4, -0.2) is 11.8 Å². The lowest BCUT2D eigenvalue weighted by Gasteiger charge is -2.14. The van der Waals surface area contributed by atoms with E-state index in [0.29, 0.717) is 0 Å². The van der Waals surface area contributed by atoms with Crippen LogP contribution < -0.4 is 5.73 Å². The molecule has 1 unspecified atom stereocenters. The maximum atomic E-state index is 6.25. The van der Waals surface area contributed by atoms with Gasteiger partial charge in [0.25, 0.3) is 0 Å². The second-order valence-corrected chi connectivity index (χ2v) is 6.11. The highest BCUT2D eigenvalue weighted by atomic mass is 32.2. The standard InChI is InChI=1S/C17H21NS/c1-13-8-9-14(2)15(10-13)11-16(18)12-19-17-6-4-3-5-7-17/h3-10,16H,11-12,18H2,1-2H3. The third kappa shape index (κ3) is 4.41. The van der Waals surface area contributed by atoms with Gasteiger partial charge in [0, 0.05) is 16.7 Å². The smallest absolute Gasteiger partial charge is 0.0174 e. The van der Waals surface area contributed by atoms with Gasteiger partial charge < -0.3 is 5.73 Å². The van der Waals surface area contributed by atoms with E-state index in [9.17, 15) is 0 Å². The quantitative estimate of drug-likeness (QED) is 0.833. The van der Waals surface area contributed by atoms with Crippen molar-refractivity contribution in [1.29, 1.82) is 0 Å². The lowest BCUT2D eigenvalue weighted by molar-refractivity contribution is 0.744. The first-order valence-electron chi connectivity index (χ1n) is 6.64. The molecular formula is C17H21NS. The zero-order valence-corrected chi connectivity index (χ0v) is 12.4. The van der Waals surface area contributed by atoms with Gasteiger partial charge in [-0.25, -0.2) is 0 Å². The Morgan fingerprint density at radius 1 is 1.05 bits per heavy atom. The van der Waals surface area contributed by atoms with E-state index in [1.54, 1.807) is 0 Å². The Morgan fingerprint density at radius 3 is 2.53 bits per heavy atom. The molecular weight excluding hydrogens is 250 g/mol. The highest BCUT2D eigenvalue weighted by molar-refractivity contribution is 7.99. The minimum absolute atomic E-state index is 0.200. The van der Waals surface area contributed by atoms with Crippen LogP contribution >= 0.6 is 11.8 Å². The summed E-state index contributed by atoms with van der Waals surface area (Å²) in [5, 5.41) is 0. The average Bonchev–Trinajstić information content (AvgIpc) is 2.42. The molecule has 0 bridgehead atoms. The van der Waals surface area contributed by atoms with Gasteiger partial charge in [-0.05, 0) is 43.5 Å². The number of hydrogen-bond acceptors (Lipinski definition) is 2. The molecule has 0 aliphatic carbocycles. The highest BCUT2D eigenvalue weighted by Gasteiger charge is 2.07. The van der Waals surface area contributed by atoms with Gasteiger partial charge in [-0.1, -0.05) is 42.0 Å². The Bertz CT molecular complexity index is 522. The molecule has 0 aromatic heterocycles. The number of benzene rings is 2. The van der Waals surface area contributed by atoms with Crippen molar-refractivity contribution in [1.82, 2.24) is 0 Å². The van der Waals surface area contributed by atoms with Crippen molar-refractivity contribution in [2.24, 2.45) is 5.73 Å². The van der Waals surface area contributed by atoms with E-state index in [-0.39, 0.29) is 6.04 Å². The van der Waals surface area contributed by atoms with Gasteiger partial charge >= 0.3 is 0 Å². The van der Waals surface area contributed by atoms with Gasteiger partial charge in [-0.2, -0.15) is 0 Å². The molecule has 2 aromatic carbocycles. The van der Waals surface area contributed by atoms with Gasteiger partial charge in [-0.15, -0.1) is 11.8 Å². The van der Waals surface area contributed by atoms with Crippen molar-refractivity contribution in [3.8, 4) is 0 Å². The molecule has 0 radical (unpaired) electrons. The molecule has 100 valence electrons. The molecule has 1 atom stereocenters. The molecule has 0 saturated heterocycles. The van der Waals surface area contributed by atoms with Crippen molar-refractivity contribution in [2.75, 3.05) is 5.75 Å². The number of nitrogens with two attached hydrogens (primary N) is 1. The van der Waals surface area contributed by atoms with Crippen LogP contribution in [0.25, 0.3) is 0 Å². The minimum atomic E-state index is 0.200. The second kappa shape index (κ2) is 6.78. The molecule has 0 aliphatic heterocycles. The minimum Gasteiger partial charge on any atom is -0.327 e. The number of thioether (sulfide) groups is 1. The zero-order chi connectivity index (χ0) is 13.7. The SMILES string of the molecule is Cc1ccc(C)c(CC(N)CSc2ccccc2)c1. The van der Waals surface area contributed by atoms with Gasteiger partial charge in [0.2, 0.25) is 0 Å². The normalized spacial score (nSPS) is 12.4. The number of rotatable bonds is 5. The third-order valence-corrected chi connectivity index (χ3v) is 4.39. The van der Waals surface area contributed by atoms with E-state index in [1.165, 1.54) is 21.6 Å². The van der Waals surface area contributed by atoms with Crippen LogP contribution in [0.3, 0.4) is 0 Å². The molecule has 0 amide bonds. The molecule has 1 nitrogen and oxygen atoms in total. The van der Waals surface area contributed by atoms with Crippen LogP contribution in [0, 0.1) is 13.8 Å². The van der Waals surface area contributed by atoms with Gasteiger partial charge in [0.15, 0.2) is 0 Å². The first kappa shape index (κ1) is 14.2. The lowest BCUT2D eigenvalue weighted by Crippen LogP contribution is -2.25. The zero-order valence-electron chi connectivity index (χ0n) is 11.6. The molecule has 2 aromatic rings.